The summed E-state index contributed by atoms with van der Waals surface area (Å²) in [4.78, 5) is 12.0. The number of fused-ring (bicyclic) bond motifs is 1. The van der Waals surface area contributed by atoms with Gasteiger partial charge in [-0.25, -0.2) is 4.98 Å². The molecule has 1 fully saturated rings. The lowest BCUT2D eigenvalue weighted by Crippen LogP contribution is -2.31. The van der Waals surface area contributed by atoms with Crippen molar-refractivity contribution in [2.24, 2.45) is 0 Å². The van der Waals surface area contributed by atoms with Gasteiger partial charge in [0.05, 0.1) is 12.4 Å². The van der Waals surface area contributed by atoms with Crippen LogP contribution in [0.2, 0.25) is 0 Å². The van der Waals surface area contributed by atoms with E-state index in [4.69, 9.17) is 16.2 Å². The van der Waals surface area contributed by atoms with Gasteiger partial charge in [0.25, 0.3) is 0 Å². The highest BCUT2D eigenvalue weighted by Crippen LogP contribution is 2.33. The molecule has 3 heterocycles. The van der Waals surface area contributed by atoms with Crippen LogP contribution in [0.15, 0.2) is 6.33 Å². The van der Waals surface area contributed by atoms with Crippen molar-refractivity contribution in [2.75, 3.05) is 11.5 Å². The molecule has 9 nitrogen and oxygen atoms in total. The summed E-state index contributed by atoms with van der Waals surface area (Å²) < 4.78 is 7.26. The van der Waals surface area contributed by atoms with Crippen LogP contribution in [0.25, 0.3) is 11.2 Å². The van der Waals surface area contributed by atoms with Gasteiger partial charge in [0.1, 0.15) is 17.7 Å². The molecule has 0 amide bonds. The molecule has 9 heteroatoms. The number of hydrogen-bond acceptors (Lipinski definition) is 8. The van der Waals surface area contributed by atoms with Gasteiger partial charge in [-0.1, -0.05) is 13.3 Å². The van der Waals surface area contributed by atoms with Crippen LogP contribution in [0.3, 0.4) is 0 Å². The van der Waals surface area contributed by atoms with Gasteiger partial charge in [-0.3, -0.25) is 4.57 Å². The maximum atomic E-state index is 10.2. The van der Waals surface area contributed by atoms with Crippen molar-refractivity contribution in [3.63, 3.8) is 0 Å². The maximum Gasteiger partial charge on any atom is 0.224 e. The second-order valence-corrected chi connectivity index (χ2v) is 5.13. The third kappa shape index (κ3) is 2.19. The van der Waals surface area contributed by atoms with E-state index in [1.807, 2.05) is 6.92 Å². The summed E-state index contributed by atoms with van der Waals surface area (Å²) in [5.74, 6) is 0.175. The molecule has 114 valence electrons. The molecule has 0 bridgehead atoms. The van der Waals surface area contributed by atoms with Crippen molar-refractivity contribution >= 4 is 22.9 Å². The van der Waals surface area contributed by atoms with Crippen molar-refractivity contribution in [2.45, 2.75) is 44.3 Å². The van der Waals surface area contributed by atoms with Gasteiger partial charge >= 0.3 is 0 Å². The minimum atomic E-state index is -1.07. The maximum absolute atomic E-state index is 10.2. The number of nitrogens with zero attached hydrogens (tertiary/aromatic N) is 4. The van der Waals surface area contributed by atoms with Crippen LogP contribution >= 0.6 is 0 Å². The Kier molecular flexibility index (Phi) is 3.40. The molecule has 0 radical (unpaired) electrons. The largest absolute Gasteiger partial charge is 0.388 e. The average Bonchev–Trinajstić information content (AvgIpc) is 2.96. The Labute approximate surface area is 120 Å². The molecule has 0 aromatic carbocycles. The van der Waals surface area contributed by atoms with Gasteiger partial charge in [-0.05, 0) is 6.42 Å². The third-order valence-electron chi connectivity index (χ3n) is 3.65. The topological polar surface area (TPSA) is 145 Å². The quantitative estimate of drug-likeness (QED) is 0.587. The number of ether oxygens (including phenoxy) is 1. The van der Waals surface area contributed by atoms with Gasteiger partial charge in [0, 0.05) is 0 Å². The first kappa shape index (κ1) is 14.0. The predicted molar refractivity (Wildman–Crippen MR) is 75.0 cm³/mol. The SMILES string of the molecule is CCC[C@H]1O[C@@H](n2cnc3c(N)nc(N)nc32)C(O)C1O. The Bertz CT molecular complexity index is 660. The van der Waals surface area contributed by atoms with Crippen molar-refractivity contribution in [1.82, 2.24) is 19.5 Å². The smallest absolute Gasteiger partial charge is 0.224 e. The molecule has 3 rings (SSSR count). The highest BCUT2D eigenvalue weighted by Gasteiger charge is 2.43. The van der Waals surface area contributed by atoms with Crippen molar-refractivity contribution < 1.29 is 14.9 Å². The Balaban J connectivity index is 2.01. The molecular weight excluding hydrogens is 276 g/mol. The fourth-order valence-electron chi connectivity index (χ4n) is 2.62. The average molecular weight is 294 g/mol. The lowest BCUT2D eigenvalue weighted by molar-refractivity contribution is -0.0370. The summed E-state index contributed by atoms with van der Waals surface area (Å²) in [6.45, 7) is 1.98. The molecule has 4 atom stereocenters. The number of aliphatic hydroxyl groups is 2. The molecule has 1 saturated heterocycles. The van der Waals surface area contributed by atoms with Crippen LogP contribution in [0.4, 0.5) is 11.8 Å². The summed E-state index contributed by atoms with van der Waals surface area (Å²) in [6, 6.07) is 0. The summed E-state index contributed by atoms with van der Waals surface area (Å²) in [7, 11) is 0. The molecule has 2 unspecified atom stereocenters. The lowest BCUT2D eigenvalue weighted by atomic mass is 10.1. The van der Waals surface area contributed by atoms with E-state index in [0.29, 0.717) is 17.6 Å². The molecular formula is C12H18N6O3. The highest BCUT2D eigenvalue weighted by molar-refractivity contribution is 5.82. The number of aliphatic hydroxyl groups excluding tert-OH is 2. The van der Waals surface area contributed by atoms with Crippen LogP contribution in [-0.4, -0.2) is 48.0 Å². The van der Waals surface area contributed by atoms with E-state index in [1.54, 1.807) is 0 Å². The van der Waals surface area contributed by atoms with Crippen LogP contribution in [0.1, 0.15) is 26.0 Å². The number of hydrogen-bond donors (Lipinski definition) is 4. The number of imidazole rings is 1. The highest BCUT2D eigenvalue weighted by atomic mass is 16.6. The van der Waals surface area contributed by atoms with E-state index < -0.39 is 24.5 Å². The Hall–Kier alpha value is -1.97. The van der Waals surface area contributed by atoms with E-state index in [-0.39, 0.29) is 11.8 Å². The monoisotopic (exact) mass is 294 g/mol. The molecule has 0 saturated carbocycles. The van der Waals surface area contributed by atoms with E-state index in [2.05, 4.69) is 15.0 Å². The van der Waals surface area contributed by atoms with Gasteiger partial charge in [-0.15, -0.1) is 0 Å². The first-order valence-electron chi connectivity index (χ1n) is 6.80. The zero-order chi connectivity index (χ0) is 15.1. The van der Waals surface area contributed by atoms with Gasteiger partial charge in [0.15, 0.2) is 17.7 Å². The Morgan fingerprint density at radius 3 is 2.76 bits per heavy atom. The fourth-order valence-corrected chi connectivity index (χ4v) is 2.62. The standard InChI is InChI=1S/C12H18N6O3/c1-2-3-5-7(19)8(20)11(21-5)18-4-15-6-9(13)16-12(14)17-10(6)18/h4-5,7-8,11,19-20H,2-3H2,1H3,(H4,13,14,16,17)/t5-,7?,8?,11-/m1/s1. The Morgan fingerprint density at radius 2 is 2.05 bits per heavy atom. The van der Waals surface area contributed by atoms with E-state index in [9.17, 15) is 10.2 Å². The fraction of sp³-hybridized carbons (Fsp3) is 0.583. The second-order valence-electron chi connectivity index (χ2n) is 5.13. The zero-order valence-corrected chi connectivity index (χ0v) is 11.5. The number of rotatable bonds is 3. The lowest BCUT2D eigenvalue weighted by Gasteiger charge is -2.16. The van der Waals surface area contributed by atoms with Crippen molar-refractivity contribution in [3.8, 4) is 0 Å². The van der Waals surface area contributed by atoms with E-state index >= 15 is 0 Å². The molecule has 6 N–H and O–H groups in total. The number of anilines is 2. The summed E-state index contributed by atoms with van der Waals surface area (Å²) in [5, 5.41) is 20.2. The third-order valence-corrected chi connectivity index (χ3v) is 3.65. The Morgan fingerprint density at radius 1 is 1.29 bits per heavy atom. The summed E-state index contributed by atoms with van der Waals surface area (Å²) in [5.41, 5.74) is 12.1. The second kappa shape index (κ2) is 5.10. The minimum absolute atomic E-state index is 0.0138. The van der Waals surface area contributed by atoms with Gasteiger partial charge < -0.3 is 26.4 Å². The number of nitrogens with two attached hydrogens (primary N) is 2. The van der Waals surface area contributed by atoms with E-state index in [0.717, 1.165) is 6.42 Å². The zero-order valence-electron chi connectivity index (χ0n) is 11.5. The van der Waals surface area contributed by atoms with Crippen LogP contribution in [0.5, 0.6) is 0 Å². The van der Waals surface area contributed by atoms with Gasteiger partial charge in [0.2, 0.25) is 5.95 Å². The molecule has 0 spiro atoms. The normalized spacial score (nSPS) is 29.3. The molecule has 2 aromatic rings. The van der Waals surface area contributed by atoms with Crippen molar-refractivity contribution in [3.05, 3.63) is 6.33 Å². The van der Waals surface area contributed by atoms with E-state index in [1.165, 1.54) is 10.9 Å². The minimum Gasteiger partial charge on any atom is -0.388 e. The number of aromatic nitrogens is 4. The first-order chi connectivity index (χ1) is 10.0. The summed E-state index contributed by atoms with van der Waals surface area (Å²) >= 11 is 0. The van der Waals surface area contributed by atoms with Gasteiger partial charge in [-0.2, -0.15) is 9.97 Å². The van der Waals surface area contributed by atoms with Crippen LogP contribution < -0.4 is 11.5 Å². The van der Waals surface area contributed by atoms with Crippen LogP contribution in [0, 0.1) is 0 Å². The molecule has 2 aromatic heterocycles. The molecule has 1 aliphatic heterocycles. The van der Waals surface area contributed by atoms with Crippen molar-refractivity contribution in [1.29, 1.82) is 0 Å². The molecule has 1 aliphatic rings. The molecule has 0 aliphatic carbocycles. The first-order valence-corrected chi connectivity index (χ1v) is 6.80. The van der Waals surface area contributed by atoms with Crippen LogP contribution in [-0.2, 0) is 4.74 Å². The molecule has 21 heavy (non-hydrogen) atoms. The number of nitrogen functional groups attached to an aromatic ring is 2. The summed E-state index contributed by atoms with van der Waals surface area (Å²) in [6.07, 6.45) is -0.293. The predicted octanol–water partition coefficient (Wildman–Crippen LogP) is -0.590.